The number of hydrogen-bond donors (Lipinski definition) is 0. The summed E-state index contributed by atoms with van der Waals surface area (Å²) in [4.78, 5) is 9.35. The van der Waals surface area contributed by atoms with Crippen molar-refractivity contribution in [2.45, 2.75) is 19.6 Å². The summed E-state index contributed by atoms with van der Waals surface area (Å²) in [6.45, 7) is 7.09. The van der Waals surface area contributed by atoms with Crippen LogP contribution in [0.2, 0.25) is 0 Å². The molecule has 0 bridgehead atoms. The van der Waals surface area contributed by atoms with Crippen molar-refractivity contribution in [3.8, 4) is 0 Å². The standard InChI is InChI=1S/C13H23N3O2S/c1-11-10-19-13(14-11)16-6-4-5-15(7-8-16)9-12(17-2)18-3/h10,12H,4-9H2,1-3H3. The minimum atomic E-state index is -0.131. The maximum Gasteiger partial charge on any atom is 0.185 e. The molecule has 5 nitrogen and oxygen atoms in total. The Hall–Kier alpha value is -0.690. The van der Waals surface area contributed by atoms with Crippen molar-refractivity contribution in [2.24, 2.45) is 0 Å². The maximum absolute atomic E-state index is 5.27. The molecule has 0 unspecified atom stereocenters. The average molecular weight is 285 g/mol. The second-order valence-electron chi connectivity index (χ2n) is 4.81. The smallest absolute Gasteiger partial charge is 0.185 e. The van der Waals surface area contributed by atoms with Gasteiger partial charge >= 0.3 is 0 Å². The summed E-state index contributed by atoms with van der Waals surface area (Å²) in [5.41, 5.74) is 1.11. The second-order valence-corrected chi connectivity index (χ2v) is 5.65. The molecule has 0 amide bonds. The highest BCUT2D eigenvalue weighted by molar-refractivity contribution is 7.13. The Bertz CT molecular complexity index is 382. The third-order valence-corrected chi connectivity index (χ3v) is 4.42. The van der Waals surface area contributed by atoms with Gasteiger partial charge < -0.3 is 14.4 Å². The summed E-state index contributed by atoms with van der Waals surface area (Å²) < 4.78 is 10.5. The van der Waals surface area contributed by atoms with Crippen molar-refractivity contribution in [2.75, 3.05) is 51.8 Å². The Morgan fingerprint density at radius 1 is 1.26 bits per heavy atom. The summed E-state index contributed by atoms with van der Waals surface area (Å²) in [7, 11) is 3.38. The molecule has 1 fully saturated rings. The van der Waals surface area contributed by atoms with E-state index in [1.807, 2.05) is 6.92 Å². The quantitative estimate of drug-likeness (QED) is 0.768. The number of rotatable bonds is 5. The van der Waals surface area contributed by atoms with E-state index in [0.29, 0.717) is 0 Å². The van der Waals surface area contributed by atoms with Gasteiger partial charge in [-0.3, -0.25) is 4.90 Å². The molecule has 108 valence electrons. The van der Waals surface area contributed by atoms with Crippen LogP contribution >= 0.6 is 11.3 Å². The first-order valence-corrected chi connectivity index (χ1v) is 7.56. The van der Waals surface area contributed by atoms with Gasteiger partial charge in [-0.15, -0.1) is 11.3 Å². The highest BCUT2D eigenvalue weighted by Crippen LogP contribution is 2.21. The molecular weight excluding hydrogens is 262 g/mol. The lowest BCUT2D eigenvalue weighted by atomic mass is 10.4. The normalized spacial score (nSPS) is 18.0. The van der Waals surface area contributed by atoms with E-state index in [1.165, 1.54) is 0 Å². The Morgan fingerprint density at radius 2 is 2.05 bits per heavy atom. The number of aryl methyl sites for hydroxylation is 1. The molecule has 0 radical (unpaired) electrons. The summed E-state index contributed by atoms with van der Waals surface area (Å²) in [5.74, 6) is 0. The van der Waals surface area contributed by atoms with Crippen LogP contribution in [0.25, 0.3) is 0 Å². The zero-order chi connectivity index (χ0) is 13.7. The number of nitrogens with zero attached hydrogens (tertiary/aromatic N) is 3. The molecule has 0 atom stereocenters. The topological polar surface area (TPSA) is 37.8 Å². The second kappa shape index (κ2) is 7.19. The summed E-state index contributed by atoms with van der Waals surface area (Å²) >= 11 is 1.74. The Labute approximate surface area is 119 Å². The molecule has 0 N–H and O–H groups in total. The van der Waals surface area contributed by atoms with Crippen LogP contribution in [-0.4, -0.2) is 63.1 Å². The Kier molecular flexibility index (Phi) is 5.57. The zero-order valence-corrected chi connectivity index (χ0v) is 12.8. The van der Waals surface area contributed by atoms with Crippen molar-refractivity contribution in [3.05, 3.63) is 11.1 Å². The first-order chi connectivity index (χ1) is 9.22. The predicted molar refractivity (Wildman–Crippen MR) is 77.9 cm³/mol. The number of methoxy groups -OCH3 is 2. The molecule has 0 saturated carbocycles. The predicted octanol–water partition coefficient (Wildman–Crippen LogP) is 1.58. The van der Waals surface area contributed by atoms with Crippen LogP contribution < -0.4 is 4.90 Å². The van der Waals surface area contributed by atoms with E-state index in [2.05, 4.69) is 20.2 Å². The first-order valence-electron chi connectivity index (χ1n) is 6.68. The van der Waals surface area contributed by atoms with E-state index in [-0.39, 0.29) is 6.29 Å². The fourth-order valence-electron chi connectivity index (χ4n) is 2.29. The van der Waals surface area contributed by atoms with Crippen molar-refractivity contribution in [1.29, 1.82) is 0 Å². The molecule has 1 saturated heterocycles. The Morgan fingerprint density at radius 3 is 2.68 bits per heavy atom. The van der Waals surface area contributed by atoms with E-state index in [1.54, 1.807) is 25.6 Å². The number of anilines is 1. The zero-order valence-electron chi connectivity index (χ0n) is 12.0. The fraction of sp³-hybridized carbons (Fsp3) is 0.769. The fourth-order valence-corrected chi connectivity index (χ4v) is 3.14. The van der Waals surface area contributed by atoms with Crippen LogP contribution in [0.4, 0.5) is 5.13 Å². The van der Waals surface area contributed by atoms with Crippen LogP contribution in [0.3, 0.4) is 0 Å². The van der Waals surface area contributed by atoms with Crippen molar-refractivity contribution in [1.82, 2.24) is 9.88 Å². The molecule has 2 heterocycles. The van der Waals surface area contributed by atoms with Crippen LogP contribution in [0.1, 0.15) is 12.1 Å². The molecule has 1 aromatic heterocycles. The number of thiazole rings is 1. The molecule has 0 spiro atoms. The van der Waals surface area contributed by atoms with Crippen molar-refractivity contribution < 1.29 is 9.47 Å². The molecule has 19 heavy (non-hydrogen) atoms. The van der Waals surface area contributed by atoms with E-state index < -0.39 is 0 Å². The van der Waals surface area contributed by atoms with Gasteiger partial charge in [-0.2, -0.15) is 0 Å². The molecule has 0 aliphatic carbocycles. The highest BCUT2D eigenvalue weighted by Gasteiger charge is 2.19. The SMILES string of the molecule is COC(CN1CCCN(c2nc(C)cs2)CC1)OC. The number of hydrogen-bond acceptors (Lipinski definition) is 6. The Balaban J connectivity index is 1.87. The van der Waals surface area contributed by atoms with Crippen molar-refractivity contribution in [3.63, 3.8) is 0 Å². The summed E-state index contributed by atoms with van der Waals surface area (Å²) in [5, 5.41) is 3.26. The van der Waals surface area contributed by atoms with Crippen molar-refractivity contribution >= 4 is 16.5 Å². The van der Waals surface area contributed by atoms with E-state index in [0.717, 1.165) is 50.0 Å². The maximum atomic E-state index is 5.27. The van der Waals surface area contributed by atoms with E-state index >= 15 is 0 Å². The van der Waals surface area contributed by atoms with Crippen LogP contribution in [-0.2, 0) is 9.47 Å². The third kappa shape index (κ3) is 4.14. The molecule has 1 aromatic rings. The van der Waals surface area contributed by atoms with Gasteiger partial charge in [-0.1, -0.05) is 0 Å². The first kappa shape index (κ1) is 14.7. The van der Waals surface area contributed by atoms with Crippen LogP contribution in [0.15, 0.2) is 5.38 Å². The van der Waals surface area contributed by atoms with Gasteiger partial charge in [0.05, 0.1) is 5.69 Å². The van der Waals surface area contributed by atoms with Gasteiger partial charge in [0, 0.05) is 52.3 Å². The highest BCUT2D eigenvalue weighted by atomic mass is 32.1. The van der Waals surface area contributed by atoms with Crippen LogP contribution in [0, 0.1) is 6.92 Å². The number of aromatic nitrogens is 1. The summed E-state index contributed by atoms with van der Waals surface area (Å²) in [6, 6.07) is 0. The minimum absolute atomic E-state index is 0.131. The monoisotopic (exact) mass is 285 g/mol. The van der Waals surface area contributed by atoms with Gasteiger partial charge in [-0.25, -0.2) is 4.98 Å². The minimum Gasteiger partial charge on any atom is -0.355 e. The van der Waals surface area contributed by atoms with Crippen LogP contribution in [0.5, 0.6) is 0 Å². The summed E-state index contributed by atoms with van der Waals surface area (Å²) in [6.07, 6.45) is 1.02. The van der Waals surface area contributed by atoms with Gasteiger partial charge in [-0.05, 0) is 13.3 Å². The molecule has 6 heteroatoms. The number of ether oxygens (including phenoxy) is 2. The largest absolute Gasteiger partial charge is 0.355 e. The molecule has 1 aliphatic rings. The molecule has 2 rings (SSSR count). The van der Waals surface area contributed by atoms with E-state index in [4.69, 9.17) is 9.47 Å². The lowest BCUT2D eigenvalue weighted by molar-refractivity contribution is -0.115. The van der Waals surface area contributed by atoms with Gasteiger partial charge in [0.1, 0.15) is 0 Å². The van der Waals surface area contributed by atoms with Gasteiger partial charge in [0.15, 0.2) is 11.4 Å². The molecular formula is C13H23N3O2S. The van der Waals surface area contributed by atoms with Gasteiger partial charge in [0.25, 0.3) is 0 Å². The molecule has 0 aromatic carbocycles. The lowest BCUT2D eigenvalue weighted by Crippen LogP contribution is -2.37. The average Bonchev–Trinajstić information content (AvgIpc) is 2.72. The third-order valence-electron chi connectivity index (χ3n) is 3.40. The van der Waals surface area contributed by atoms with Gasteiger partial charge in [0.2, 0.25) is 0 Å². The lowest BCUT2D eigenvalue weighted by Gasteiger charge is -2.24. The van der Waals surface area contributed by atoms with E-state index in [9.17, 15) is 0 Å². The molecule has 1 aliphatic heterocycles.